The topological polar surface area (TPSA) is 46.2 Å². The molecule has 0 spiro atoms. The molecule has 0 radical (unpaired) electrons. The van der Waals surface area contributed by atoms with E-state index in [4.69, 9.17) is 0 Å². The third-order valence-corrected chi connectivity index (χ3v) is 3.90. The second-order valence-electron chi connectivity index (χ2n) is 4.73. The zero-order chi connectivity index (χ0) is 13.4. The molecule has 1 aromatic rings. The minimum absolute atomic E-state index is 0.250. The van der Waals surface area contributed by atoms with Gasteiger partial charge in [0.25, 0.3) is 0 Å². The highest BCUT2D eigenvalue weighted by atomic mass is 32.2. The fourth-order valence-electron chi connectivity index (χ4n) is 1.92. The fourth-order valence-corrected chi connectivity index (χ4v) is 2.63. The number of rotatable bonds is 8. The summed E-state index contributed by atoms with van der Waals surface area (Å²) in [5, 5.41) is 3.38. The van der Waals surface area contributed by atoms with Crippen LogP contribution in [0, 0.1) is 0 Å². The summed E-state index contributed by atoms with van der Waals surface area (Å²) in [6, 6.07) is 10.1. The van der Waals surface area contributed by atoms with Crippen molar-refractivity contribution in [2.45, 2.75) is 25.7 Å². The van der Waals surface area contributed by atoms with Crippen LogP contribution in [0.15, 0.2) is 30.3 Å². The summed E-state index contributed by atoms with van der Waals surface area (Å²) >= 11 is 0. The zero-order valence-electron chi connectivity index (χ0n) is 11.2. The lowest BCUT2D eigenvalue weighted by Crippen LogP contribution is -2.24. The van der Waals surface area contributed by atoms with E-state index in [9.17, 15) is 8.42 Å². The lowest BCUT2D eigenvalue weighted by Gasteiger charge is -2.17. The van der Waals surface area contributed by atoms with Crippen LogP contribution in [-0.4, -0.2) is 33.5 Å². The number of sulfone groups is 1. The minimum atomic E-state index is -2.89. The van der Waals surface area contributed by atoms with Gasteiger partial charge in [-0.25, -0.2) is 8.42 Å². The van der Waals surface area contributed by atoms with E-state index in [0.29, 0.717) is 6.42 Å². The third-order valence-electron chi connectivity index (χ3n) is 2.93. The third kappa shape index (κ3) is 6.17. The van der Waals surface area contributed by atoms with Gasteiger partial charge in [0.15, 0.2) is 0 Å². The molecule has 1 aromatic carbocycles. The van der Waals surface area contributed by atoms with Gasteiger partial charge in [-0.3, -0.25) is 0 Å². The standard InChI is InChI=1S/C14H23NO2S/c1-3-10-15-12-14(9-11-18(2,16)17)13-7-5-4-6-8-13/h4-8,14-15H,3,9-12H2,1-2H3. The second kappa shape index (κ2) is 7.54. The van der Waals surface area contributed by atoms with Crippen LogP contribution in [0.2, 0.25) is 0 Å². The fraction of sp³-hybridized carbons (Fsp3) is 0.571. The summed E-state index contributed by atoms with van der Waals surface area (Å²) in [5.74, 6) is 0.521. The van der Waals surface area contributed by atoms with Gasteiger partial charge in [0.2, 0.25) is 0 Å². The molecule has 0 aliphatic heterocycles. The number of hydrogen-bond donors (Lipinski definition) is 1. The first-order valence-electron chi connectivity index (χ1n) is 6.46. The summed E-state index contributed by atoms with van der Waals surface area (Å²) in [5.41, 5.74) is 1.21. The SMILES string of the molecule is CCCNCC(CCS(C)(=O)=O)c1ccccc1. The molecule has 0 aliphatic rings. The number of nitrogens with one attached hydrogen (secondary N) is 1. The Balaban J connectivity index is 2.63. The van der Waals surface area contributed by atoms with E-state index < -0.39 is 9.84 Å². The Morgan fingerprint density at radius 1 is 1.22 bits per heavy atom. The highest BCUT2D eigenvalue weighted by Crippen LogP contribution is 2.19. The van der Waals surface area contributed by atoms with Crippen molar-refractivity contribution in [3.63, 3.8) is 0 Å². The molecule has 0 fully saturated rings. The maximum absolute atomic E-state index is 11.3. The molecule has 0 bridgehead atoms. The predicted molar refractivity (Wildman–Crippen MR) is 76.7 cm³/mol. The van der Waals surface area contributed by atoms with E-state index in [-0.39, 0.29) is 11.7 Å². The van der Waals surface area contributed by atoms with Crippen LogP contribution in [-0.2, 0) is 9.84 Å². The molecule has 3 nitrogen and oxygen atoms in total. The molecule has 0 aromatic heterocycles. The Morgan fingerprint density at radius 2 is 1.89 bits per heavy atom. The maximum Gasteiger partial charge on any atom is 0.147 e. The normalized spacial score (nSPS) is 13.4. The van der Waals surface area contributed by atoms with Gasteiger partial charge in [-0.15, -0.1) is 0 Å². The highest BCUT2D eigenvalue weighted by molar-refractivity contribution is 7.90. The van der Waals surface area contributed by atoms with Crippen LogP contribution in [0.1, 0.15) is 31.2 Å². The van der Waals surface area contributed by atoms with Crippen LogP contribution in [0.4, 0.5) is 0 Å². The lowest BCUT2D eigenvalue weighted by atomic mass is 9.96. The van der Waals surface area contributed by atoms with E-state index in [2.05, 4.69) is 24.4 Å². The molecule has 0 saturated heterocycles. The minimum Gasteiger partial charge on any atom is -0.316 e. The molecule has 0 saturated carbocycles. The molecule has 4 heteroatoms. The van der Waals surface area contributed by atoms with Crippen molar-refractivity contribution < 1.29 is 8.42 Å². The average Bonchev–Trinajstić information content (AvgIpc) is 2.33. The molecule has 0 heterocycles. The van der Waals surface area contributed by atoms with Crippen molar-refractivity contribution >= 4 is 9.84 Å². The van der Waals surface area contributed by atoms with E-state index >= 15 is 0 Å². The highest BCUT2D eigenvalue weighted by Gasteiger charge is 2.13. The van der Waals surface area contributed by atoms with Gasteiger partial charge in [-0.05, 0) is 30.9 Å². The number of benzene rings is 1. The lowest BCUT2D eigenvalue weighted by molar-refractivity contribution is 0.556. The van der Waals surface area contributed by atoms with Gasteiger partial charge in [0.1, 0.15) is 9.84 Å². The molecule has 18 heavy (non-hydrogen) atoms. The zero-order valence-corrected chi connectivity index (χ0v) is 12.0. The Labute approximate surface area is 111 Å². The van der Waals surface area contributed by atoms with Crippen molar-refractivity contribution in [3.05, 3.63) is 35.9 Å². The first kappa shape index (κ1) is 15.2. The Kier molecular flexibility index (Phi) is 6.36. The molecular weight excluding hydrogens is 246 g/mol. The van der Waals surface area contributed by atoms with Gasteiger partial charge in [0.05, 0.1) is 5.75 Å². The van der Waals surface area contributed by atoms with Gasteiger partial charge in [-0.1, -0.05) is 37.3 Å². The Morgan fingerprint density at radius 3 is 2.44 bits per heavy atom. The summed E-state index contributed by atoms with van der Waals surface area (Å²) in [4.78, 5) is 0. The quantitative estimate of drug-likeness (QED) is 0.736. The van der Waals surface area contributed by atoms with Gasteiger partial charge in [0, 0.05) is 12.8 Å². The van der Waals surface area contributed by atoms with Gasteiger partial charge >= 0.3 is 0 Å². The summed E-state index contributed by atoms with van der Waals surface area (Å²) < 4.78 is 22.6. The van der Waals surface area contributed by atoms with Crippen LogP contribution < -0.4 is 5.32 Å². The Hall–Kier alpha value is -0.870. The van der Waals surface area contributed by atoms with Crippen molar-refractivity contribution in [3.8, 4) is 0 Å². The van der Waals surface area contributed by atoms with Crippen LogP contribution in [0.25, 0.3) is 0 Å². The number of hydrogen-bond acceptors (Lipinski definition) is 3. The molecule has 1 rings (SSSR count). The predicted octanol–water partition coefficient (Wildman–Crippen LogP) is 2.20. The summed E-state index contributed by atoms with van der Waals surface area (Å²) in [6.45, 7) is 3.94. The molecular formula is C14H23NO2S. The van der Waals surface area contributed by atoms with Crippen molar-refractivity contribution in [2.75, 3.05) is 25.1 Å². The monoisotopic (exact) mass is 269 g/mol. The van der Waals surface area contributed by atoms with Gasteiger partial charge < -0.3 is 5.32 Å². The maximum atomic E-state index is 11.3. The molecule has 0 aliphatic carbocycles. The molecule has 0 amide bonds. The van der Waals surface area contributed by atoms with E-state index in [1.165, 1.54) is 11.8 Å². The van der Waals surface area contributed by atoms with E-state index in [1.54, 1.807) is 0 Å². The molecule has 1 N–H and O–H groups in total. The molecule has 102 valence electrons. The largest absolute Gasteiger partial charge is 0.316 e. The Bertz CT molecular complexity index is 428. The van der Waals surface area contributed by atoms with Crippen molar-refractivity contribution in [1.29, 1.82) is 0 Å². The first-order valence-corrected chi connectivity index (χ1v) is 8.52. The molecule has 1 unspecified atom stereocenters. The smallest absolute Gasteiger partial charge is 0.147 e. The van der Waals surface area contributed by atoms with Crippen molar-refractivity contribution in [1.82, 2.24) is 5.32 Å². The van der Waals surface area contributed by atoms with E-state index in [0.717, 1.165) is 19.5 Å². The second-order valence-corrected chi connectivity index (χ2v) is 6.99. The summed E-state index contributed by atoms with van der Waals surface area (Å²) in [7, 11) is -2.89. The van der Waals surface area contributed by atoms with Crippen LogP contribution >= 0.6 is 0 Å². The first-order chi connectivity index (χ1) is 8.53. The van der Waals surface area contributed by atoms with Crippen molar-refractivity contribution in [2.24, 2.45) is 0 Å². The summed E-state index contributed by atoms with van der Waals surface area (Å²) in [6.07, 6.45) is 3.07. The van der Waals surface area contributed by atoms with E-state index in [1.807, 2.05) is 18.2 Å². The van der Waals surface area contributed by atoms with Crippen LogP contribution in [0.3, 0.4) is 0 Å². The average molecular weight is 269 g/mol. The van der Waals surface area contributed by atoms with Gasteiger partial charge in [-0.2, -0.15) is 0 Å². The molecule has 1 atom stereocenters. The van der Waals surface area contributed by atoms with Crippen LogP contribution in [0.5, 0.6) is 0 Å².